The van der Waals surface area contributed by atoms with Crippen LogP contribution in [0.15, 0.2) is 108 Å². The van der Waals surface area contributed by atoms with Crippen molar-refractivity contribution in [3.8, 4) is 11.3 Å². The Balaban J connectivity index is 1.41. The molecule has 0 spiro atoms. The number of hydrogen-bond donors (Lipinski definition) is 1. The highest BCUT2D eigenvalue weighted by Crippen LogP contribution is 2.35. The van der Waals surface area contributed by atoms with Crippen LogP contribution in [-0.4, -0.2) is 22.1 Å². The number of nitrogens with zero attached hydrogens (tertiary/aromatic N) is 3. The summed E-state index contributed by atoms with van der Waals surface area (Å²) in [5.41, 5.74) is 6.42. The van der Waals surface area contributed by atoms with E-state index in [1.807, 2.05) is 84.9 Å². The molecule has 172 valence electrons. The Labute approximate surface area is 212 Å². The Bertz CT molecular complexity index is 1740. The Hall–Kier alpha value is -4.61. The molecule has 4 aromatic carbocycles. The van der Waals surface area contributed by atoms with Gasteiger partial charge in [-0.1, -0.05) is 78.3 Å². The summed E-state index contributed by atoms with van der Waals surface area (Å²) in [5.74, 6) is -0.317. The molecule has 0 aliphatic carbocycles. The standard InChI is InChI=1S/C30H19ClN4O/c31-29-23-10-3-1-7-20(23)26(21-8-2-4-11-24(21)29)18-33-35-30(36)25-17-28(19-13-15-32-16-14-19)34-27-12-6-5-9-22(25)27/h1-18H,(H,35,36). The number of pyridine rings is 2. The molecule has 1 amide bonds. The minimum Gasteiger partial charge on any atom is -0.267 e. The van der Waals surface area contributed by atoms with E-state index in [-0.39, 0.29) is 5.91 Å². The average molecular weight is 487 g/mol. The lowest BCUT2D eigenvalue weighted by molar-refractivity contribution is 0.0956. The summed E-state index contributed by atoms with van der Waals surface area (Å²) >= 11 is 6.71. The highest BCUT2D eigenvalue weighted by Gasteiger charge is 2.14. The molecule has 0 bridgehead atoms. The Morgan fingerprint density at radius 2 is 1.36 bits per heavy atom. The van der Waals surface area contributed by atoms with Crippen molar-refractivity contribution in [1.29, 1.82) is 0 Å². The monoisotopic (exact) mass is 486 g/mol. The Morgan fingerprint density at radius 3 is 2.03 bits per heavy atom. The summed E-state index contributed by atoms with van der Waals surface area (Å²) in [6, 6.07) is 28.9. The number of rotatable bonds is 4. The number of amides is 1. The summed E-state index contributed by atoms with van der Waals surface area (Å²) in [7, 11) is 0. The maximum absolute atomic E-state index is 13.3. The van der Waals surface area contributed by atoms with Crippen molar-refractivity contribution in [2.75, 3.05) is 0 Å². The normalized spacial score (nSPS) is 11.5. The molecule has 6 aromatic rings. The predicted octanol–water partition coefficient (Wildman–Crippen LogP) is 7.02. The number of hydrazone groups is 1. The highest BCUT2D eigenvalue weighted by atomic mass is 35.5. The molecule has 6 rings (SSSR count). The lowest BCUT2D eigenvalue weighted by Gasteiger charge is -2.11. The summed E-state index contributed by atoms with van der Waals surface area (Å²) in [4.78, 5) is 22.1. The molecular formula is C30H19ClN4O. The number of nitrogens with one attached hydrogen (secondary N) is 1. The first-order valence-electron chi connectivity index (χ1n) is 11.4. The van der Waals surface area contributed by atoms with E-state index in [0.29, 0.717) is 16.3 Å². The van der Waals surface area contributed by atoms with Crippen LogP contribution in [0, 0.1) is 0 Å². The zero-order chi connectivity index (χ0) is 24.5. The summed E-state index contributed by atoms with van der Waals surface area (Å²) < 4.78 is 0. The minimum absolute atomic E-state index is 0.317. The third kappa shape index (κ3) is 3.85. The predicted molar refractivity (Wildman–Crippen MR) is 146 cm³/mol. The van der Waals surface area contributed by atoms with Crippen LogP contribution in [0.4, 0.5) is 0 Å². The highest BCUT2D eigenvalue weighted by molar-refractivity contribution is 6.42. The number of fused-ring (bicyclic) bond motifs is 3. The SMILES string of the molecule is O=C(NN=Cc1c2ccccc2c(Cl)c2ccccc12)c1cc(-c2ccncc2)nc2ccccc12. The maximum atomic E-state index is 13.3. The molecule has 6 heteroatoms. The fraction of sp³-hybridized carbons (Fsp3) is 0. The summed E-state index contributed by atoms with van der Waals surface area (Å²) in [5, 5.41) is 9.63. The lowest BCUT2D eigenvalue weighted by Crippen LogP contribution is -2.18. The van der Waals surface area contributed by atoms with Gasteiger partial charge in [0.2, 0.25) is 0 Å². The van der Waals surface area contributed by atoms with Gasteiger partial charge in [-0.2, -0.15) is 5.10 Å². The summed E-state index contributed by atoms with van der Waals surface area (Å²) in [6.45, 7) is 0. The van der Waals surface area contributed by atoms with Gasteiger partial charge in [0.25, 0.3) is 5.91 Å². The Morgan fingerprint density at radius 1 is 0.778 bits per heavy atom. The van der Waals surface area contributed by atoms with E-state index in [2.05, 4.69) is 15.5 Å². The van der Waals surface area contributed by atoms with Crippen LogP contribution in [0.25, 0.3) is 43.7 Å². The number of benzene rings is 4. The molecule has 0 saturated carbocycles. The van der Waals surface area contributed by atoms with Gasteiger partial charge in [0.15, 0.2) is 0 Å². The minimum atomic E-state index is -0.317. The zero-order valence-electron chi connectivity index (χ0n) is 19.0. The van der Waals surface area contributed by atoms with Gasteiger partial charge in [-0.05, 0) is 35.0 Å². The van der Waals surface area contributed by atoms with Crippen LogP contribution in [0.3, 0.4) is 0 Å². The van der Waals surface area contributed by atoms with Crippen molar-refractivity contribution < 1.29 is 4.79 Å². The van der Waals surface area contributed by atoms with E-state index in [4.69, 9.17) is 16.6 Å². The maximum Gasteiger partial charge on any atom is 0.272 e. The molecule has 0 radical (unpaired) electrons. The number of carbonyl (C=O) groups is 1. The van der Waals surface area contributed by atoms with Crippen LogP contribution in [0.2, 0.25) is 5.02 Å². The van der Waals surface area contributed by atoms with Gasteiger partial charge in [0.1, 0.15) is 0 Å². The van der Waals surface area contributed by atoms with Gasteiger partial charge < -0.3 is 0 Å². The molecule has 0 atom stereocenters. The van der Waals surface area contributed by atoms with Gasteiger partial charge in [0, 0.05) is 39.7 Å². The Kier molecular flexibility index (Phi) is 5.60. The number of hydrogen-bond acceptors (Lipinski definition) is 4. The molecule has 0 fully saturated rings. The first-order chi connectivity index (χ1) is 17.7. The van der Waals surface area contributed by atoms with Crippen molar-refractivity contribution in [2.24, 2.45) is 5.10 Å². The fourth-order valence-corrected chi connectivity index (χ4v) is 4.83. The number of aromatic nitrogens is 2. The van der Waals surface area contributed by atoms with Crippen LogP contribution in [0.1, 0.15) is 15.9 Å². The van der Waals surface area contributed by atoms with Gasteiger partial charge >= 0.3 is 0 Å². The van der Waals surface area contributed by atoms with Crippen molar-refractivity contribution in [3.63, 3.8) is 0 Å². The number of para-hydroxylation sites is 1. The molecule has 0 unspecified atom stereocenters. The van der Waals surface area contributed by atoms with E-state index >= 15 is 0 Å². The largest absolute Gasteiger partial charge is 0.272 e. The molecule has 2 aromatic heterocycles. The second-order valence-electron chi connectivity index (χ2n) is 8.33. The van der Waals surface area contributed by atoms with Crippen molar-refractivity contribution >= 4 is 56.2 Å². The van der Waals surface area contributed by atoms with Crippen LogP contribution >= 0.6 is 11.6 Å². The van der Waals surface area contributed by atoms with Crippen molar-refractivity contribution in [3.05, 3.63) is 120 Å². The average Bonchev–Trinajstić information content (AvgIpc) is 2.94. The molecule has 0 aliphatic rings. The second-order valence-corrected chi connectivity index (χ2v) is 8.70. The van der Waals surface area contributed by atoms with Crippen molar-refractivity contribution in [2.45, 2.75) is 0 Å². The fourth-order valence-electron chi connectivity index (χ4n) is 4.50. The number of carbonyl (C=O) groups excluding carboxylic acids is 1. The number of halogens is 1. The topological polar surface area (TPSA) is 67.2 Å². The third-order valence-corrected chi connectivity index (χ3v) is 6.61. The van der Waals surface area contributed by atoms with E-state index in [1.165, 1.54) is 0 Å². The van der Waals surface area contributed by atoms with Crippen LogP contribution in [0.5, 0.6) is 0 Å². The van der Waals surface area contributed by atoms with Gasteiger partial charge in [0.05, 0.1) is 28.0 Å². The quantitative estimate of drug-likeness (QED) is 0.165. The molecular weight excluding hydrogens is 468 g/mol. The molecule has 2 heterocycles. The first kappa shape index (κ1) is 21.9. The van der Waals surface area contributed by atoms with E-state index < -0.39 is 0 Å². The van der Waals surface area contributed by atoms with E-state index in [1.54, 1.807) is 24.7 Å². The molecule has 1 N–H and O–H groups in total. The summed E-state index contributed by atoms with van der Waals surface area (Å²) in [6.07, 6.45) is 5.10. The van der Waals surface area contributed by atoms with Gasteiger partial charge in [-0.25, -0.2) is 10.4 Å². The second kappa shape index (κ2) is 9.21. The zero-order valence-corrected chi connectivity index (χ0v) is 19.8. The van der Waals surface area contributed by atoms with Crippen LogP contribution in [-0.2, 0) is 0 Å². The van der Waals surface area contributed by atoms with E-state index in [0.717, 1.165) is 43.6 Å². The van der Waals surface area contributed by atoms with E-state index in [9.17, 15) is 4.79 Å². The van der Waals surface area contributed by atoms with Crippen LogP contribution < -0.4 is 5.43 Å². The van der Waals surface area contributed by atoms with Gasteiger partial charge in [-0.3, -0.25) is 9.78 Å². The molecule has 5 nitrogen and oxygen atoms in total. The molecule has 36 heavy (non-hydrogen) atoms. The van der Waals surface area contributed by atoms with Crippen molar-refractivity contribution in [1.82, 2.24) is 15.4 Å². The third-order valence-electron chi connectivity index (χ3n) is 6.20. The molecule has 0 saturated heterocycles. The first-order valence-corrected chi connectivity index (χ1v) is 11.8. The van der Waals surface area contributed by atoms with Gasteiger partial charge in [-0.15, -0.1) is 0 Å². The smallest absolute Gasteiger partial charge is 0.267 e. The molecule has 0 aliphatic heterocycles. The lowest BCUT2D eigenvalue weighted by atomic mass is 9.97.